The van der Waals surface area contributed by atoms with E-state index in [0.717, 1.165) is 5.56 Å². The number of hydrogen-bond donors (Lipinski definition) is 3. The lowest BCUT2D eigenvalue weighted by Gasteiger charge is -2.10. The lowest BCUT2D eigenvalue weighted by molar-refractivity contribution is -0.138. The Morgan fingerprint density at radius 3 is 2.35 bits per heavy atom. The number of carboxylic acids is 1. The van der Waals surface area contributed by atoms with Crippen molar-refractivity contribution in [2.24, 2.45) is 5.73 Å². The number of rotatable bonds is 5. The van der Waals surface area contributed by atoms with Gasteiger partial charge in [0.2, 0.25) is 10.0 Å². The molecule has 4 N–H and O–H groups in total. The van der Waals surface area contributed by atoms with Gasteiger partial charge < -0.3 is 10.8 Å². The minimum Gasteiger partial charge on any atom is -0.480 e. The summed E-state index contributed by atoms with van der Waals surface area (Å²) in [6.07, 6.45) is 0. The van der Waals surface area contributed by atoms with Crippen LogP contribution in [0, 0.1) is 0 Å². The molecule has 1 aromatic rings. The summed E-state index contributed by atoms with van der Waals surface area (Å²) in [5.74, 6) is -1.23. The molecule has 0 amide bonds. The zero-order chi connectivity index (χ0) is 13.1. The molecule has 0 aliphatic rings. The van der Waals surface area contributed by atoms with E-state index in [0.29, 0.717) is 6.54 Å². The molecule has 0 fully saturated rings. The van der Waals surface area contributed by atoms with Crippen LogP contribution in [0.2, 0.25) is 0 Å². The predicted octanol–water partition coefficient (Wildman–Crippen LogP) is -0.103. The maximum Gasteiger partial charge on any atom is 0.321 e. The van der Waals surface area contributed by atoms with E-state index in [1.54, 1.807) is 12.1 Å². The van der Waals surface area contributed by atoms with Crippen LogP contribution in [0.3, 0.4) is 0 Å². The Labute approximate surface area is 99.5 Å². The lowest BCUT2D eigenvalue weighted by atomic mass is 10.2. The number of nitrogens with one attached hydrogen (secondary N) is 1. The van der Waals surface area contributed by atoms with E-state index in [2.05, 4.69) is 4.72 Å². The number of hydrogen-bond acceptors (Lipinski definition) is 4. The number of sulfonamides is 1. The molecule has 0 bridgehead atoms. The number of benzene rings is 1. The molecule has 0 saturated heterocycles. The topological polar surface area (TPSA) is 109 Å². The van der Waals surface area contributed by atoms with Crippen molar-refractivity contribution in [1.29, 1.82) is 0 Å². The van der Waals surface area contributed by atoms with Crippen molar-refractivity contribution in [3.63, 3.8) is 0 Å². The van der Waals surface area contributed by atoms with Crippen molar-refractivity contribution in [2.75, 3.05) is 0 Å². The van der Waals surface area contributed by atoms with Crippen molar-refractivity contribution in [2.45, 2.75) is 24.4 Å². The molecular weight excluding hydrogens is 244 g/mol. The van der Waals surface area contributed by atoms with Crippen molar-refractivity contribution >= 4 is 16.0 Å². The Kier molecular flexibility index (Phi) is 4.22. The summed E-state index contributed by atoms with van der Waals surface area (Å²) >= 11 is 0. The molecule has 0 unspecified atom stereocenters. The Bertz CT molecular complexity index is 496. The Hall–Kier alpha value is -1.44. The van der Waals surface area contributed by atoms with Gasteiger partial charge in [0, 0.05) is 6.54 Å². The summed E-state index contributed by atoms with van der Waals surface area (Å²) in [5, 5.41) is 8.63. The first kappa shape index (κ1) is 13.6. The van der Waals surface area contributed by atoms with Gasteiger partial charge in [-0.05, 0) is 24.6 Å². The third-order valence-electron chi connectivity index (χ3n) is 2.17. The second kappa shape index (κ2) is 5.26. The first-order valence-corrected chi connectivity index (χ1v) is 6.39. The van der Waals surface area contributed by atoms with Crippen LogP contribution in [0.4, 0.5) is 0 Å². The molecule has 94 valence electrons. The van der Waals surface area contributed by atoms with Crippen molar-refractivity contribution in [3.8, 4) is 0 Å². The van der Waals surface area contributed by atoms with Crippen molar-refractivity contribution < 1.29 is 18.3 Å². The molecular formula is C10H14N2O4S. The van der Waals surface area contributed by atoms with Gasteiger partial charge in [0.15, 0.2) is 0 Å². The summed E-state index contributed by atoms with van der Waals surface area (Å²) in [4.78, 5) is 10.6. The van der Waals surface area contributed by atoms with Crippen LogP contribution in [0.1, 0.15) is 12.5 Å². The van der Waals surface area contributed by atoms with Gasteiger partial charge in [0.25, 0.3) is 0 Å². The fourth-order valence-corrected chi connectivity index (χ4v) is 2.35. The second-order valence-electron chi connectivity index (χ2n) is 3.53. The van der Waals surface area contributed by atoms with Crippen LogP contribution in [-0.2, 0) is 21.4 Å². The van der Waals surface area contributed by atoms with Gasteiger partial charge in [0.05, 0.1) is 4.90 Å². The molecule has 1 atom stereocenters. The van der Waals surface area contributed by atoms with Crippen LogP contribution in [0.15, 0.2) is 29.2 Å². The van der Waals surface area contributed by atoms with Gasteiger partial charge in [-0.15, -0.1) is 0 Å². The molecule has 1 aromatic carbocycles. The Balaban J connectivity index is 2.93. The van der Waals surface area contributed by atoms with Gasteiger partial charge in [-0.25, -0.2) is 8.42 Å². The zero-order valence-corrected chi connectivity index (χ0v) is 10.1. The monoisotopic (exact) mass is 258 g/mol. The highest BCUT2D eigenvalue weighted by Gasteiger charge is 2.21. The van der Waals surface area contributed by atoms with Gasteiger partial charge in [-0.3, -0.25) is 4.79 Å². The standard InChI is InChI=1S/C10H14N2O4S/c1-7(10(13)14)12-17(15,16)9-4-2-8(6-11)3-5-9/h2-5,7,12H,6,11H2,1H3,(H,13,14)/t7-/m0/s1. The van der Waals surface area contributed by atoms with Crippen molar-refractivity contribution in [3.05, 3.63) is 29.8 Å². The summed E-state index contributed by atoms with van der Waals surface area (Å²) < 4.78 is 25.5. The van der Waals surface area contributed by atoms with Gasteiger partial charge in [0.1, 0.15) is 6.04 Å². The highest BCUT2D eigenvalue weighted by atomic mass is 32.2. The molecule has 0 spiro atoms. The molecule has 7 heteroatoms. The summed E-state index contributed by atoms with van der Waals surface area (Å²) in [7, 11) is -3.80. The minimum atomic E-state index is -3.80. The number of carboxylic acid groups (broad SMARTS) is 1. The predicted molar refractivity (Wildman–Crippen MR) is 61.8 cm³/mol. The Morgan fingerprint density at radius 2 is 1.94 bits per heavy atom. The second-order valence-corrected chi connectivity index (χ2v) is 5.24. The Morgan fingerprint density at radius 1 is 1.41 bits per heavy atom. The molecule has 17 heavy (non-hydrogen) atoms. The summed E-state index contributed by atoms with van der Waals surface area (Å²) in [5.41, 5.74) is 6.19. The van der Waals surface area contributed by atoms with E-state index in [-0.39, 0.29) is 4.90 Å². The van der Waals surface area contributed by atoms with Crippen molar-refractivity contribution in [1.82, 2.24) is 4.72 Å². The zero-order valence-electron chi connectivity index (χ0n) is 9.25. The third-order valence-corrected chi connectivity index (χ3v) is 3.73. The van der Waals surface area contributed by atoms with E-state index < -0.39 is 22.0 Å². The minimum absolute atomic E-state index is 0.0165. The number of aliphatic carboxylic acids is 1. The molecule has 0 aliphatic heterocycles. The first-order valence-electron chi connectivity index (χ1n) is 4.91. The quantitative estimate of drug-likeness (QED) is 0.683. The van der Waals surface area contributed by atoms with Crippen LogP contribution in [0.5, 0.6) is 0 Å². The highest BCUT2D eigenvalue weighted by Crippen LogP contribution is 2.10. The molecule has 0 radical (unpaired) electrons. The molecule has 0 aromatic heterocycles. The maximum absolute atomic E-state index is 11.7. The molecule has 6 nitrogen and oxygen atoms in total. The van der Waals surface area contributed by atoms with Crippen LogP contribution < -0.4 is 10.5 Å². The molecule has 1 rings (SSSR count). The smallest absolute Gasteiger partial charge is 0.321 e. The van der Waals surface area contributed by atoms with E-state index in [9.17, 15) is 13.2 Å². The highest BCUT2D eigenvalue weighted by molar-refractivity contribution is 7.89. The van der Waals surface area contributed by atoms with E-state index in [1.165, 1.54) is 19.1 Å². The molecule has 0 saturated carbocycles. The summed E-state index contributed by atoms with van der Waals surface area (Å²) in [6, 6.07) is 4.77. The van der Waals surface area contributed by atoms with E-state index >= 15 is 0 Å². The summed E-state index contributed by atoms with van der Waals surface area (Å²) in [6.45, 7) is 1.58. The van der Waals surface area contributed by atoms with Gasteiger partial charge in [-0.1, -0.05) is 12.1 Å². The lowest BCUT2D eigenvalue weighted by Crippen LogP contribution is -2.38. The van der Waals surface area contributed by atoms with E-state index in [1.807, 2.05) is 0 Å². The van der Waals surface area contributed by atoms with Crippen LogP contribution in [0.25, 0.3) is 0 Å². The molecule has 0 heterocycles. The van der Waals surface area contributed by atoms with E-state index in [4.69, 9.17) is 10.8 Å². The fourth-order valence-electron chi connectivity index (χ4n) is 1.16. The van der Waals surface area contributed by atoms with Crippen LogP contribution in [-0.4, -0.2) is 25.5 Å². The average molecular weight is 258 g/mol. The SMILES string of the molecule is C[C@H](NS(=O)(=O)c1ccc(CN)cc1)C(=O)O. The normalized spacial score (nSPS) is 13.3. The fraction of sp³-hybridized carbons (Fsp3) is 0.300. The number of carbonyl (C=O) groups is 1. The largest absolute Gasteiger partial charge is 0.480 e. The van der Waals surface area contributed by atoms with Crippen LogP contribution >= 0.6 is 0 Å². The van der Waals surface area contributed by atoms with Gasteiger partial charge in [-0.2, -0.15) is 4.72 Å². The first-order chi connectivity index (χ1) is 7.86. The third kappa shape index (κ3) is 3.52. The molecule has 0 aliphatic carbocycles. The number of nitrogens with two attached hydrogens (primary N) is 1. The van der Waals surface area contributed by atoms with Gasteiger partial charge >= 0.3 is 5.97 Å². The average Bonchev–Trinajstić information content (AvgIpc) is 2.28. The maximum atomic E-state index is 11.7.